The van der Waals surface area contributed by atoms with E-state index in [4.69, 9.17) is 21.8 Å². The standard InChI is InChI=1S/C21H23ClN4O2S2/c1-29-18-10-13(20(23)26-8-2-3-9-26)4-5-15(18)16-11-14(28-25-16)12-24-21(27)17-6-7-19(22)30-17/h4-7,10,14,23H,2-3,8-9,11-12H2,1H3,(H,24,27). The van der Waals surface area contributed by atoms with Gasteiger partial charge < -0.3 is 15.1 Å². The van der Waals surface area contributed by atoms with Crippen molar-refractivity contribution in [1.29, 1.82) is 5.41 Å². The highest BCUT2D eigenvalue weighted by atomic mass is 35.5. The second kappa shape index (κ2) is 9.41. The first-order chi connectivity index (χ1) is 14.5. The summed E-state index contributed by atoms with van der Waals surface area (Å²) in [7, 11) is 0. The molecule has 2 aliphatic heterocycles. The van der Waals surface area contributed by atoms with Crippen LogP contribution in [0.1, 0.15) is 40.1 Å². The fraction of sp³-hybridized carbons (Fsp3) is 0.381. The number of likely N-dealkylation sites (tertiary alicyclic amines) is 1. The predicted octanol–water partition coefficient (Wildman–Crippen LogP) is 4.47. The summed E-state index contributed by atoms with van der Waals surface area (Å²) in [6, 6.07) is 9.52. The number of nitrogens with zero attached hydrogens (tertiary/aromatic N) is 2. The zero-order valence-corrected chi connectivity index (χ0v) is 19.0. The van der Waals surface area contributed by atoms with Crippen molar-refractivity contribution in [3.05, 3.63) is 50.7 Å². The fourth-order valence-corrected chi connectivity index (χ4v) is 5.24. The number of hydrogen-bond acceptors (Lipinski definition) is 6. The van der Waals surface area contributed by atoms with Gasteiger partial charge in [-0.2, -0.15) is 0 Å². The largest absolute Gasteiger partial charge is 0.390 e. The number of oxime groups is 1. The van der Waals surface area contributed by atoms with Crippen molar-refractivity contribution in [3.8, 4) is 0 Å². The van der Waals surface area contributed by atoms with Gasteiger partial charge in [0.25, 0.3) is 5.91 Å². The summed E-state index contributed by atoms with van der Waals surface area (Å²) in [5.74, 6) is 0.437. The number of benzene rings is 1. The maximum absolute atomic E-state index is 12.2. The van der Waals surface area contributed by atoms with E-state index in [9.17, 15) is 4.79 Å². The van der Waals surface area contributed by atoms with Gasteiger partial charge in [-0.25, -0.2) is 0 Å². The van der Waals surface area contributed by atoms with E-state index in [0.29, 0.717) is 28.0 Å². The molecule has 0 aliphatic carbocycles. The van der Waals surface area contributed by atoms with Crippen LogP contribution in [0.2, 0.25) is 4.34 Å². The Balaban J connectivity index is 1.38. The van der Waals surface area contributed by atoms with Crippen LogP contribution < -0.4 is 5.32 Å². The summed E-state index contributed by atoms with van der Waals surface area (Å²) in [5.41, 5.74) is 2.83. The van der Waals surface area contributed by atoms with Crippen LogP contribution in [0.3, 0.4) is 0 Å². The summed E-state index contributed by atoms with van der Waals surface area (Å²) in [5, 5.41) is 15.7. The lowest BCUT2D eigenvalue weighted by Crippen LogP contribution is -2.31. The van der Waals surface area contributed by atoms with Crippen LogP contribution in [-0.4, -0.2) is 54.3 Å². The molecule has 3 heterocycles. The fourth-order valence-electron chi connectivity index (χ4n) is 3.63. The Hall–Kier alpha value is -2.03. The van der Waals surface area contributed by atoms with Crippen LogP contribution in [0.5, 0.6) is 0 Å². The molecule has 1 unspecified atom stereocenters. The third kappa shape index (κ3) is 4.66. The summed E-state index contributed by atoms with van der Waals surface area (Å²) >= 11 is 8.79. The average Bonchev–Trinajstić information content (AvgIpc) is 3.52. The number of thiophene rings is 1. The van der Waals surface area contributed by atoms with Gasteiger partial charge in [0.2, 0.25) is 0 Å². The third-order valence-electron chi connectivity index (χ3n) is 5.23. The normalized spacial score (nSPS) is 18.3. The highest BCUT2D eigenvalue weighted by molar-refractivity contribution is 7.98. The number of rotatable bonds is 6. The highest BCUT2D eigenvalue weighted by Gasteiger charge is 2.25. The molecule has 1 aromatic heterocycles. The molecule has 9 heteroatoms. The van der Waals surface area contributed by atoms with E-state index >= 15 is 0 Å². The van der Waals surface area contributed by atoms with Crippen molar-refractivity contribution in [2.45, 2.75) is 30.3 Å². The monoisotopic (exact) mass is 462 g/mol. The Kier molecular flexibility index (Phi) is 6.65. The van der Waals surface area contributed by atoms with Crippen molar-refractivity contribution in [3.63, 3.8) is 0 Å². The molecule has 2 aromatic rings. The van der Waals surface area contributed by atoms with Crippen molar-refractivity contribution in [2.24, 2.45) is 5.16 Å². The zero-order valence-electron chi connectivity index (χ0n) is 16.6. The van der Waals surface area contributed by atoms with Crippen molar-refractivity contribution < 1.29 is 9.63 Å². The molecule has 1 aromatic carbocycles. The number of nitrogens with one attached hydrogen (secondary N) is 2. The van der Waals surface area contributed by atoms with Crippen LogP contribution in [0.25, 0.3) is 0 Å². The van der Waals surface area contributed by atoms with Gasteiger partial charge in [-0.15, -0.1) is 23.1 Å². The minimum absolute atomic E-state index is 0.154. The van der Waals surface area contributed by atoms with Crippen LogP contribution in [0.4, 0.5) is 0 Å². The van der Waals surface area contributed by atoms with Gasteiger partial charge >= 0.3 is 0 Å². The topological polar surface area (TPSA) is 77.8 Å². The van der Waals surface area contributed by atoms with E-state index in [-0.39, 0.29) is 12.0 Å². The number of amides is 1. The first-order valence-electron chi connectivity index (χ1n) is 9.83. The Bertz CT molecular complexity index is 985. The Morgan fingerprint density at radius 1 is 1.37 bits per heavy atom. The van der Waals surface area contributed by atoms with Gasteiger partial charge in [-0.1, -0.05) is 28.9 Å². The van der Waals surface area contributed by atoms with Crippen LogP contribution in [0, 0.1) is 5.41 Å². The first kappa shape index (κ1) is 21.2. The minimum atomic E-state index is -0.198. The maximum Gasteiger partial charge on any atom is 0.261 e. The third-order valence-corrected chi connectivity index (χ3v) is 7.24. The lowest BCUT2D eigenvalue weighted by molar-refractivity contribution is 0.0755. The SMILES string of the molecule is CSc1cc(C(=N)N2CCCC2)ccc1C1=NOC(CNC(=O)c2ccc(Cl)s2)C1. The Morgan fingerprint density at radius 3 is 2.87 bits per heavy atom. The lowest BCUT2D eigenvalue weighted by Gasteiger charge is -2.19. The lowest BCUT2D eigenvalue weighted by atomic mass is 10.0. The zero-order chi connectivity index (χ0) is 21.1. The maximum atomic E-state index is 12.2. The van der Waals surface area contributed by atoms with Gasteiger partial charge in [-0.05, 0) is 37.3 Å². The van der Waals surface area contributed by atoms with Crippen LogP contribution in [-0.2, 0) is 4.84 Å². The van der Waals surface area contributed by atoms with E-state index in [1.807, 2.05) is 18.4 Å². The number of thioether (sulfide) groups is 1. The Labute approximate surface area is 189 Å². The predicted molar refractivity (Wildman–Crippen MR) is 124 cm³/mol. The number of carbonyl (C=O) groups excluding carboxylic acids is 1. The quantitative estimate of drug-likeness (QED) is 0.377. The molecule has 30 heavy (non-hydrogen) atoms. The molecule has 2 N–H and O–H groups in total. The van der Waals surface area contributed by atoms with E-state index in [0.717, 1.165) is 47.7 Å². The summed E-state index contributed by atoms with van der Waals surface area (Å²) in [6.07, 6.45) is 4.77. The van der Waals surface area contributed by atoms with E-state index < -0.39 is 0 Å². The van der Waals surface area contributed by atoms with E-state index in [1.165, 1.54) is 11.3 Å². The molecule has 0 saturated carbocycles. The molecule has 1 saturated heterocycles. The molecule has 0 radical (unpaired) electrons. The van der Waals surface area contributed by atoms with Crippen molar-refractivity contribution in [1.82, 2.24) is 10.2 Å². The van der Waals surface area contributed by atoms with Gasteiger partial charge in [0, 0.05) is 35.5 Å². The van der Waals surface area contributed by atoms with Gasteiger partial charge in [0.15, 0.2) is 0 Å². The van der Waals surface area contributed by atoms with E-state index in [1.54, 1.807) is 23.9 Å². The molecule has 158 valence electrons. The number of halogens is 1. The Morgan fingerprint density at radius 2 is 2.17 bits per heavy atom. The average molecular weight is 463 g/mol. The van der Waals surface area contributed by atoms with Crippen molar-refractivity contribution in [2.75, 3.05) is 25.9 Å². The smallest absolute Gasteiger partial charge is 0.261 e. The molecule has 6 nitrogen and oxygen atoms in total. The van der Waals surface area contributed by atoms with Gasteiger partial charge in [0.1, 0.15) is 11.9 Å². The number of hydrogen-bond donors (Lipinski definition) is 2. The molecule has 0 bridgehead atoms. The molecule has 1 amide bonds. The number of amidine groups is 1. The first-order valence-corrected chi connectivity index (χ1v) is 12.3. The highest BCUT2D eigenvalue weighted by Crippen LogP contribution is 2.28. The second-order valence-electron chi connectivity index (χ2n) is 7.24. The van der Waals surface area contributed by atoms with Gasteiger partial charge in [0.05, 0.1) is 21.5 Å². The molecular weight excluding hydrogens is 440 g/mol. The van der Waals surface area contributed by atoms with Crippen LogP contribution in [0.15, 0.2) is 40.4 Å². The summed E-state index contributed by atoms with van der Waals surface area (Å²) in [4.78, 5) is 21.6. The number of carbonyl (C=O) groups is 1. The summed E-state index contributed by atoms with van der Waals surface area (Å²) in [6.45, 7) is 2.30. The molecule has 1 fully saturated rings. The molecule has 4 rings (SSSR count). The minimum Gasteiger partial charge on any atom is -0.390 e. The molecule has 0 spiro atoms. The molecular formula is C21H23ClN4O2S2. The summed E-state index contributed by atoms with van der Waals surface area (Å²) < 4.78 is 0.591. The van der Waals surface area contributed by atoms with E-state index in [2.05, 4.69) is 21.4 Å². The molecule has 1 atom stereocenters. The van der Waals surface area contributed by atoms with Crippen molar-refractivity contribution >= 4 is 52.2 Å². The second-order valence-corrected chi connectivity index (χ2v) is 9.80. The molecule has 2 aliphatic rings. The van der Waals surface area contributed by atoms with Gasteiger partial charge in [-0.3, -0.25) is 10.2 Å². The van der Waals surface area contributed by atoms with Crippen LogP contribution >= 0.6 is 34.7 Å².